The number of rotatable bonds is 2. The van der Waals surface area contributed by atoms with Crippen LogP contribution >= 0.6 is 7.81 Å². The molecule has 0 aliphatic heterocycles. The van der Waals surface area contributed by atoms with Crippen molar-refractivity contribution in [1.82, 2.24) is 0 Å². The molecule has 1 atom stereocenters. The first kappa shape index (κ1) is 11.4. The maximum atomic E-state index is 11.0. The zero-order valence-corrected chi connectivity index (χ0v) is 9.99. The third-order valence-corrected chi connectivity index (χ3v) is 17.2. The quantitative estimate of drug-likeness (QED) is 0.536. The summed E-state index contributed by atoms with van der Waals surface area (Å²) in [5.74, 6) is 0.356. The predicted molar refractivity (Wildman–Crippen MR) is 55.8 cm³/mol. The van der Waals surface area contributed by atoms with Crippen LogP contribution in [-0.4, -0.2) is 14.2 Å². The summed E-state index contributed by atoms with van der Waals surface area (Å²) in [6.07, 6.45) is 0. The fourth-order valence-electron chi connectivity index (χ4n) is 0.209. The van der Waals surface area contributed by atoms with E-state index in [9.17, 15) is 8.42 Å². The van der Waals surface area contributed by atoms with Gasteiger partial charge in [-0.05, 0) is 0 Å². The zero-order chi connectivity index (χ0) is 8.36. The monoisotopic (exact) mass is 252 g/mol. The molecule has 0 rings (SSSR count). The van der Waals surface area contributed by atoms with Crippen LogP contribution in [0.25, 0.3) is 0 Å². The summed E-state index contributed by atoms with van der Waals surface area (Å²) in [5, 5.41) is -2.35. The summed E-state index contributed by atoms with van der Waals surface area (Å²) in [7, 11) is 0.650. The van der Waals surface area contributed by atoms with Gasteiger partial charge in [-0.25, -0.2) is 0 Å². The summed E-state index contributed by atoms with van der Waals surface area (Å²) in [5.41, 5.74) is 0. The normalized spacial score (nSPS) is 14.4. The van der Waals surface area contributed by atoms with E-state index in [1.165, 1.54) is 0 Å². The van der Waals surface area contributed by atoms with Crippen LogP contribution in [0.1, 0.15) is 6.92 Å². The van der Waals surface area contributed by atoms with E-state index in [1.54, 1.807) is 6.92 Å². The number of hydrogen-bond donors (Lipinski definition) is 0. The Morgan fingerprint density at radius 1 is 1.50 bits per heavy atom. The molecular weight excluding hydrogens is 247 g/mol. The molecule has 0 spiro atoms. The molecule has 1 unspecified atom stereocenters. The van der Waals surface area contributed by atoms with Crippen LogP contribution in [-0.2, 0) is 46.2 Å². The Morgan fingerprint density at radius 2 is 1.90 bits per heavy atom. The molecule has 0 saturated heterocycles. The van der Waals surface area contributed by atoms with E-state index in [1.807, 2.05) is 0 Å². The van der Waals surface area contributed by atoms with Crippen LogP contribution < -0.4 is 0 Å². The van der Waals surface area contributed by atoms with Gasteiger partial charge in [0.25, 0.3) is 0 Å². The van der Waals surface area contributed by atoms with E-state index in [0.717, 1.165) is 0 Å². The Morgan fingerprint density at radius 3 is 2.00 bits per heavy atom. The molecule has 2 nitrogen and oxygen atoms in total. The van der Waals surface area contributed by atoms with Gasteiger partial charge in [-0.2, -0.15) is 0 Å². The van der Waals surface area contributed by atoms with Crippen molar-refractivity contribution in [2.75, 3.05) is 5.75 Å². The minimum absolute atomic E-state index is 0.356. The Kier molecular flexibility index (Phi) is 5.04. The van der Waals surface area contributed by atoms with Crippen LogP contribution in [0, 0.1) is 0 Å². The first-order valence-electron chi connectivity index (χ1n) is 2.18. The number of hydrogen-bond acceptors (Lipinski definition) is 4. The van der Waals surface area contributed by atoms with Gasteiger partial charge in [0.15, 0.2) is 0 Å². The Hall–Kier alpha value is 1.39. The molecule has 0 heterocycles. The first-order chi connectivity index (χ1) is 4.42. The molecule has 10 heavy (non-hydrogen) atoms. The van der Waals surface area contributed by atoms with E-state index in [-0.39, 0.29) is 0 Å². The maximum absolute atomic E-state index is 11.0. The SMILES string of the molecule is CCS(=O)S(=S)(=S)S(=O)#P. The van der Waals surface area contributed by atoms with Crippen molar-refractivity contribution in [3.8, 4) is 0 Å². The van der Waals surface area contributed by atoms with Crippen molar-refractivity contribution in [2.24, 2.45) is 0 Å². The van der Waals surface area contributed by atoms with Gasteiger partial charge in [-0.1, -0.05) is 0 Å². The van der Waals surface area contributed by atoms with Gasteiger partial charge in [0.1, 0.15) is 0 Å². The molecule has 0 fully saturated rings. The Labute approximate surface area is 74.7 Å². The van der Waals surface area contributed by atoms with Crippen molar-refractivity contribution in [1.29, 1.82) is 0 Å². The average molecular weight is 252 g/mol. The third-order valence-electron chi connectivity index (χ3n) is 0.638. The van der Waals surface area contributed by atoms with Crippen LogP contribution in [0.2, 0.25) is 0 Å². The summed E-state index contributed by atoms with van der Waals surface area (Å²) >= 11 is 9.42. The van der Waals surface area contributed by atoms with E-state index < -0.39 is 23.9 Å². The minimum atomic E-state index is -2.35. The van der Waals surface area contributed by atoms with Crippen LogP contribution in [0.15, 0.2) is 0 Å². The second-order valence-electron chi connectivity index (χ2n) is 1.22. The van der Waals surface area contributed by atoms with Crippen molar-refractivity contribution >= 4 is 54.0 Å². The van der Waals surface area contributed by atoms with Gasteiger partial charge in [-0.3, -0.25) is 0 Å². The molecule has 0 N–H and O–H groups in total. The topological polar surface area (TPSA) is 34.1 Å². The molecule has 0 aromatic carbocycles. The van der Waals surface area contributed by atoms with Crippen molar-refractivity contribution in [2.45, 2.75) is 6.92 Å². The molecule has 0 aliphatic carbocycles. The molecule has 0 aliphatic rings. The fourth-order valence-corrected chi connectivity index (χ4v) is 7.48. The zero-order valence-electron chi connectivity index (χ0n) is 5.01. The summed E-state index contributed by atoms with van der Waals surface area (Å²) in [6.45, 7) is 1.69. The van der Waals surface area contributed by atoms with E-state index in [0.29, 0.717) is 5.75 Å². The van der Waals surface area contributed by atoms with Gasteiger partial charge in [0, 0.05) is 0 Å². The molecule has 0 aromatic heterocycles. The van der Waals surface area contributed by atoms with Gasteiger partial charge < -0.3 is 0 Å². The van der Waals surface area contributed by atoms with Crippen molar-refractivity contribution in [3.63, 3.8) is 0 Å². The fraction of sp³-hybridized carbons (Fsp3) is 1.00. The Bertz CT molecular complexity index is 346. The van der Waals surface area contributed by atoms with Crippen LogP contribution in [0.4, 0.5) is 0 Å². The summed E-state index contributed by atoms with van der Waals surface area (Å²) in [6, 6.07) is 0. The van der Waals surface area contributed by atoms with Gasteiger partial charge >= 0.3 is 75.1 Å². The average Bonchev–Trinajstić information content (AvgIpc) is 1.86. The van der Waals surface area contributed by atoms with Crippen LogP contribution in [0.5, 0.6) is 0 Å². The molecule has 0 saturated carbocycles. The first-order valence-corrected chi connectivity index (χ1v) is 10.2. The second kappa shape index (κ2) is 4.42. The standard InChI is InChI=1S/C2H5O2PS5/c1-2-8(3)10(6,7)9(4)5/h2H2,1H3. The predicted octanol–water partition coefficient (Wildman–Crippen LogP) is 0.737. The molecular formula is C2H5O2PS5. The molecule has 8 heteroatoms. The van der Waals surface area contributed by atoms with Gasteiger partial charge in [-0.15, -0.1) is 0 Å². The van der Waals surface area contributed by atoms with Gasteiger partial charge in [0.05, 0.1) is 0 Å². The van der Waals surface area contributed by atoms with E-state index >= 15 is 0 Å². The molecule has 0 amide bonds. The van der Waals surface area contributed by atoms with Crippen LogP contribution in [0.3, 0.4) is 0 Å². The molecule has 0 aromatic rings. The molecule has 0 radical (unpaired) electrons. The summed E-state index contributed by atoms with van der Waals surface area (Å²) < 4.78 is 21.6. The second-order valence-corrected chi connectivity index (χ2v) is 17.2. The molecule has 60 valence electrons. The molecule has 0 bridgehead atoms. The van der Waals surface area contributed by atoms with E-state index in [2.05, 4.69) is 7.81 Å². The van der Waals surface area contributed by atoms with Crippen molar-refractivity contribution in [3.05, 3.63) is 0 Å². The third kappa shape index (κ3) is 2.79. The van der Waals surface area contributed by atoms with E-state index in [4.69, 9.17) is 22.4 Å². The van der Waals surface area contributed by atoms with Gasteiger partial charge in [0.2, 0.25) is 0 Å². The summed E-state index contributed by atoms with van der Waals surface area (Å²) in [4.78, 5) is 0. The Balaban J connectivity index is 5.04. The van der Waals surface area contributed by atoms with Crippen molar-refractivity contribution < 1.29 is 8.42 Å².